The molecule has 0 radical (unpaired) electrons. The van der Waals surface area contributed by atoms with E-state index in [4.69, 9.17) is 22.1 Å². The highest BCUT2D eigenvalue weighted by molar-refractivity contribution is 5.95. The molecule has 1 aliphatic rings. The number of benzene rings is 2. The van der Waals surface area contributed by atoms with Gasteiger partial charge in [0, 0.05) is 75.8 Å². The molecule has 16 heteroatoms. The van der Waals surface area contributed by atoms with E-state index in [1.54, 1.807) is 20.9 Å². The standard InChI is InChI=1S/C22H22N2O2.2C3H6N6/c1-23-21(25)12-6-7-13-22(26)24-16-19-10-3-2-8-17(19)14-15-18-9-4-5-11-20(18)24;2*1-3(7-9-5)2-6-8-4/h2-5,8-11H,6-7,12-13,16H2,1H3,(H,23,25);2*3H,2H2,1H3. The highest BCUT2D eigenvalue weighted by Gasteiger charge is 2.20. The van der Waals surface area contributed by atoms with E-state index in [9.17, 15) is 9.59 Å². The summed E-state index contributed by atoms with van der Waals surface area (Å²) >= 11 is 0. The Labute approximate surface area is 255 Å². The Morgan fingerprint density at radius 2 is 1.34 bits per heavy atom. The van der Waals surface area contributed by atoms with Gasteiger partial charge in [-0.2, -0.15) is 0 Å². The lowest BCUT2D eigenvalue weighted by molar-refractivity contribution is -0.121. The minimum Gasteiger partial charge on any atom is -0.359 e. The number of hydrogen-bond acceptors (Lipinski definition) is 6. The summed E-state index contributed by atoms with van der Waals surface area (Å²) in [5, 5.41) is 15.6. The van der Waals surface area contributed by atoms with Gasteiger partial charge in [0.05, 0.1) is 12.2 Å². The van der Waals surface area contributed by atoms with Crippen LogP contribution in [0, 0.1) is 11.8 Å². The number of carbonyl (C=O) groups excluding carboxylic acids is 2. The number of azide groups is 4. The van der Waals surface area contributed by atoms with Gasteiger partial charge in [-0.15, -0.1) is 0 Å². The van der Waals surface area contributed by atoms with Crippen molar-refractivity contribution in [3.8, 4) is 11.8 Å². The summed E-state index contributed by atoms with van der Waals surface area (Å²) in [4.78, 5) is 36.1. The van der Waals surface area contributed by atoms with Crippen LogP contribution in [0.1, 0.15) is 56.2 Å². The molecule has 0 fully saturated rings. The smallest absolute Gasteiger partial charge is 0.227 e. The summed E-state index contributed by atoms with van der Waals surface area (Å²) in [6.45, 7) is 4.31. The van der Waals surface area contributed by atoms with Crippen LogP contribution < -0.4 is 10.2 Å². The van der Waals surface area contributed by atoms with Crippen molar-refractivity contribution >= 4 is 17.5 Å². The Hall–Kier alpha value is -5.82. The third-order valence-corrected chi connectivity index (χ3v) is 5.81. The summed E-state index contributed by atoms with van der Waals surface area (Å²) in [5.74, 6) is 6.49. The number of unbranched alkanes of at least 4 members (excludes halogenated alkanes) is 1. The fourth-order valence-corrected chi connectivity index (χ4v) is 3.59. The first kappa shape index (κ1) is 36.2. The topological polar surface area (TPSA) is 244 Å². The lowest BCUT2D eigenvalue weighted by Crippen LogP contribution is -2.31. The van der Waals surface area contributed by atoms with E-state index >= 15 is 0 Å². The number of carbonyl (C=O) groups is 2. The summed E-state index contributed by atoms with van der Waals surface area (Å²) in [6.07, 6.45) is 2.27. The maximum Gasteiger partial charge on any atom is 0.227 e. The minimum absolute atomic E-state index is 0.0123. The molecule has 0 saturated carbocycles. The average Bonchev–Trinajstić information content (AvgIpc) is 3.03. The molecule has 2 amide bonds. The molecule has 228 valence electrons. The molecule has 1 N–H and O–H groups in total. The second-order valence-electron chi connectivity index (χ2n) is 9.22. The normalized spacial score (nSPS) is 11.5. The molecule has 44 heavy (non-hydrogen) atoms. The second kappa shape index (κ2) is 21.9. The molecule has 2 atom stereocenters. The van der Waals surface area contributed by atoms with Crippen molar-refractivity contribution in [2.45, 2.75) is 58.2 Å². The molecule has 16 nitrogen and oxygen atoms in total. The molecule has 0 aliphatic carbocycles. The van der Waals surface area contributed by atoms with Crippen molar-refractivity contribution in [2.75, 3.05) is 25.0 Å². The molecule has 0 saturated heterocycles. The van der Waals surface area contributed by atoms with E-state index in [2.05, 4.69) is 57.3 Å². The van der Waals surface area contributed by atoms with E-state index in [0.29, 0.717) is 32.2 Å². The van der Waals surface area contributed by atoms with Gasteiger partial charge in [-0.1, -0.05) is 76.5 Å². The fraction of sp³-hybridized carbons (Fsp3) is 0.429. The second-order valence-corrected chi connectivity index (χ2v) is 9.22. The molecule has 2 unspecified atom stereocenters. The lowest BCUT2D eigenvalue weighted by Gasteiger charge is -2.26. The molecule has 3 rings (SSSR count). The van der Waals surface area contributed by atoms with Crippen molar-refractivity contribution in [3.63, 3.8) is 0 Å². The predicted octanol–water partition coefficient (Wildman–Crippen LogP) is 7.23. The number of anilines is 1. The molecule has 1 aliphatic heterocycles. The number of para-hydroxylation sites is 1. The van der Waals surface area contributed by atoms with Gasteiger partial charge in [0.1, 0.15) is 0 Å². The molecular formula is C28H34N14O2. The van der Waals surface area contributed by atoms with Crippen molar-refractivity contribution in [3.05, 3.63) is 107 Å². The summed E-state index contributed by atoms with van der Waals surface area (Å²) in [7, 11) is 1.63. The van der Waals surface area contributed by atoms with Crippen LogP contribution in [0.15, 0.2) is 69.0 Å². The van der Waals surface area contributed by atoms with E-state index in [0.717, 1.165) is 22.4 Å². The van der Waals surface area contributed by atoms with E-state index < -0.39 is 0 Å². The molecule has 2 aromatic rings. The van der Waals surface area contributed by atoms with Gasteiger partial charge < -0.3 is 10.2 Å². The Bertz CT molecular complexity index is 1470. The zero-order valence-corrected chi connectivity index (χ0v) is 24.9. The van der Waals surface area contributed by atoms with Crippen molar-refractivity contribution in [1.29, 1.82) is 0 Å². The number of nitrogens with one attached hydrogen (secondary N) is 1. The molecule has 0 aromatic heterocycles. The largest absolute Gasteiger partial charge is 0.359 e. The van der Waals surface area contributed by atoms with Crippen molar-refractivity contribution in [1.82, 2.24) is 5.32 Å². The Kier molecular flexibility index (Phi) is 18.0. The highest BCUT2D eigenvalue weighted by Crippen LogP contribution is 2.26. The van der Waals surface area contributed by atoms with Gasteiger partial charge in [-0.05, 0) is 58.7 Å². The van der Waals surface area contributed by atoms with E-state index in [-0.39, 0.29) is 37.0 Å². The van der Waals surface area contributed by atoms with Crippen LogP contribution in [-0.2, 0) is 16.1 Å². The first-order valence-corrected chi connectivity index (χ1v) is 13.6. The van der Waals surface area contributed by atoms with E-state index in [1.807, 2.05) is 53.4 Å². The third-order valence-electron chi connectivity index (χ3n) is 5.81. The van der Waals surface area contributed by atoms with E-state index in [1.165, 1.54) is 0 Å². The lowest BCUT2D eigenvalue weighted by atomic mass is 10.0. The highest BCUT2D eigenvalue weighted by atomic mass is 16.2. The number of amides is 2. The van der Waals surface area contributed by atoms with Crippen LogP contribution in [0.2, 0.25) is 0 Å². The minimum atomic E-state index is -0.245. The average molecular weight is 599 g/mol. The first-order chi connectivity index (χ1) is 21.3. The maximum atomic E-state index is 12.9. The number of rotatable bonds is 11. The molecule has 2 aromatic carbocycles. The molecule has 1 heterocycles. The third kappa shape index (κ3) is 14.2. The monoisotopic (exact) mass is 598 g/mol. The SMILES string of the molecule is CC(CN=[N+]=[N-])N=[N+]=[N-].CC(CN=[N+]=[N-])N=[N+]=[N-].CNC(=O)CCCCC(=O)N1Cc2ccccc2C#Cc2ccccc21. The van der Waals surface area contributed by atoms with Crippen LogP contribution in [-0.4, -0.2) is 44.0 Å². The molecule has 0 spiro atoms. The van der Waals surface area contributed by atoms with Gasteiger partial charge >= 0.3 is 0 Å². The van der Waals surface area contributed by atoms with Crippen LogP contribution in [0.4, 0.5) is 5.69 Å². The summed E-state index contributed by atoms with van der Waals surface area (Å²) in [5.41, 5.74) is 35.1. The van der Waals surface area contributed by atoms with Gasteiger partial charge in [0.25, 0.3) is 0 Å². The van der Waals surface area contributed by atoms with Gasteiger partial charge in [-0.3, -0.25) is 9.59 Å². The van der Waals surface area contributed by atoms with Crippen LogP contribution in [0.25, 0.3) is 41.8 Å². The number of nitrogens with zero attached hydrogens (tertiary/aromatic N) is 13. The predicted molar refractivity (Wildman–Crippen MR) is 168 cm³/mol. The van der Waals surface area contributed by atoms with Crippen LogP contribution >= 0.6 is 0 Å². The molecule has 0 bridgehead atoms. The summed E-state index contributed by atoms with van der Waals surface area (Å²) in [6, 6.07) is 15.2. The van der Waals surface area contributed by atoms with Crippen LogP contribution in [0.5, 0.6) is 0 Å². The quantitative estimate of drug-likeness (QED) is 0.0924. The molecular weight excluding hydrogens is 564 g/mol. The zero-order chi connectivity index (χ0) is 32.6. The maximum absolute atomic E-state index is 12.9. The Morgan fingerprint density at radius 3 is 1.91 bits per heavy atom. The van der Waals surface area contributed by atoms with Crippen molar-refractivity contribution in [2.24, 2.45) is 20.5 Å². The van der Waals surface area contributed by atoms with Crippen LogP contribution in [0.3, 0.4) is 0 Å². The Balaban J connectivity index is 0.000000443. The van der Waals surface area contributed by atoms with Gasteiger partial charge in [-0.25, -0.2) is 0 Å². The number of fused-ring (bicyclic) bond motifs is 2. The van der Waals surface area contributed by atoms with Gasteiger partial charge in [0.2, 0.25) is 11.8 Å². The first-order valence-electron chi connectivity index (χ1n) is 13.6. The van der Waals surface area contributed by atoms with Crippen molar-refractivity contribution < 1.29 is 9.59 Å². The fourth-order valence-electron chi connectivity index (χ4n) is 3.59. The summed E-state index contributed by atoms with van der Waals surface area (Å²) < 4.78 is 0. The zero-order valence-electron chi connectivity index (χ0n) is 24.9. The van der Waals surface area contributed by atoms with Gasteiger partial charge in [0.15, 0.2) is 0 Å². The Morgan fingerprint density at radius 1 is 0.818 bits per heavy atom. The number of hydrogen-bond donors (Lipinski definition) is 1.